The molecule has 0 atom stereocenters. The summed E-state index contributed by atoms with van der Waals surface area (Å²) in [5, 5.41) is 3.95. The number of carbonyl (C=O) groups is 1. The normalized spacial score (nSPS) is 15.8. The van der Waals surface area contributed by atoms with Crippen molar-refractivity contribution in [1.82, 2.24) is 10.3 Å². The predicted octanol–water partition coefficient (Wildman–Crippen LogP) is 1.79. The summed E-state index contributed by atoms with van der Waals surface area (Å²) in [5.74, 6) is 1.09. The van der Waals surface area contributed by atoms with Crippen molar-refractivity contribution in [2.75, 3.05) is 18.0 Å². The molecule has 0 aromatic carbocycles. The average Bonchev–Trinajstić information content (AvgIpc) is 2.74. The van der Waals surface area contributed by atoms with Crippen LogP contribution < -0.4 is 10.2 Å². The zero-order valence-corrected chi connectivity index (χ0v) is 11.1. The van der Waals surface area contributed by atoms with Crippen LogP contribution in [0.5, 0.6) is 0 Å². The van der Waals surface area contributed by atoms with Crippen molar-refractivity contribution in [3.63, 3.8) is 0 Å². The maximum atomic E-state index is 11.8. The molecule has 0 unspecified atom stereocenters. The number of hydrogen-bond acceptors (Lipinski definition) is 4. The first-order chi connectivity index (χ1) is 9.15. The lowest BCUT2D eigenvalue weighted by Gasteiger charge is -2.39. The van der Waals surface area contributed by atoms with E-state index in [0.717, 1.165) is 29.9 Å². The zero-order chi connectivity index (χ0) is 13.4. The Morgan fingerprint density at radius 2 is 2.26 bits per heavy atom. The lowest BCUT2D eigenvalue weighted by Crippen LogP contribution is -2.55. The molecule has 3 heterocycles. The Kier molecular flexibility index (Phi) is 2.89. The highest BCUT2D eigenvalue weighted by atomic mass is 16.3. The number of anilines is 1. The van der Waals surface area contributed by atoms with E-state index in [0.29, 0.717) is 0 Å². The van der Waals surface area contributed by atoms with Crippen molar-refractivity contribution in [3.05, 3.63) is 24.6 Å². The second kappa shape index (κ2) is 4.57. The summed E-state index contributed by atoms with van der Waals surface area (Å²) < 4.78 is 5.36. The molecule has 2 aromatic heterocycles. The van der Waals surface area contributed by atoms with E-state index in [1.165, 1.54) is 0 Å². The van der Waals surface area contributed by atoms with Gasteiger partial charge in [0.05, 0.1) is 17.6 Å². The molecule has 1 aliphatic rings. The molecule has 0 bridgehead atoms. The summed E-state index contributed by atoms with van der Waals surface area (Å²) in [6.07, 6.45) is 3.40. The first kappa shape index (κ1) is 12.0. The van der Waals surface area contributed by atoms with Gasteiger partial charge in [0.15, 0.2) is 0 Å². The summed E-state index contributed by atoms with van der Waals surface area (Å²) in [4.78, 5) is 18.4. The van der Waals surface area contributed by atoms with Gasteiger partial charge < -0.3 is 14.6 Å². The van der Waals surface area contributed by atoms with E-state index in [-0.39, 0.29) is 17.9 Å². The van der Waals surface area contributed by atoms with Gasteiger partial charge in [0, 0.05) is 25.3 Å². The molecule has 1 fully saturated rings. The van der Waals surface area contributed by atoms with Crippen LogP contribution >= 0.6 is 0 Å². The SMILES string of the molecule is CC(C)NC(=O)C1CN(c2nccc3occc23)C1. The summed E-state index contributed by atoms with van der Waals surface area (Å²) in [7, 11) is 0. The summed E-state index contributed by atoms with van der Waals surface area (Å²) in [6.45, 7) is 5.38. The average molecular weight is 259 g/mol. The van der Waals surface area contributed by atoms with Gasteiger partial charge >= 0.3 is 0 Å². The molecule has 5 heteroatoms. The number of nitrogens with zero attached hydrogens (tertiary/aromatic N) is 2. The third-order valence-corrected chi connectivity index (χ3v) is 3.34. The minimum atomic E-state index is 0.0614. The highest BCUT2D eigenvalue weighted by Crippen LogP contribution is 2.30. The van der Waals surface area contributed by atoms with E-state index >= 15 is 0 Å². The highest BCUT2D eigenvalue weighted by Gasteiger charge is 2.34. The number of hydrogen-bond donors (Lipinski definition) is 1. The summed E-state index contributed by atoms with van der Waals surface area (Å²) >= 11 is 0. The Morgan fingerprint density at radius 3 is 3.00 bits per heavy atom. The minimum absolute atomic E-state index is 0.0614. The van der Waals surface area contributed by atoms with Crippen molar-refractivity contribution in [1.29, 1.82) is 0 Å². The Morgan fingerprint density at radius 1 is 1.47 bits per heavy atom. The Bertz CT molecular complexity index is 600. The summed E-state index contributed by atoms with van der Waals surface area (Å²) in [6, 6.07) is 3.96. The fraction of sp³-hybridized carbons (Fsp3) is 0.429. The highest BCUT2D eigenvalue weighted by molar-refractivity contribution is 5.90. The first-order valence-corrected chi connectivity index (χ1v) is 6.52. The van der Waals surface area contributed by atoms with Gasteiger partial charge in [-0.05, 0) is 26.0 Å². The molecule has 1 aliphatic heterocycles. The van der Waals surface area contributed by atoms with Crippen molar-refractivity contribution in [3.8, 4) is 0 Å². The zero-order valence-electron chi connectivity index (χ0n) is 11.1. The number of carbonyl (C=O) groups excluding carboxylic acids is 1. The van der Waals surface area contributed by atoms with Crippen molar-refractivity contribution in [2.24, 2.45) is 5.92 Å². The predicted molar refractivity (Wildman–Crippen MR) is 73.0 cm³/mol. The van der Waals surface area contributed by atoms with E-state index in [1.807, 2.05) is 26.0 Å². The summed E-state index contributed by atoms with van der Waals surface area (Å²) in [5.41, 5.74) is 0.833. The van der Waals surface area contributed by atoms with Crippen LogP contribution in [0.4, 0.5) is 5.82 Å². The van der Waals surface area contributed by atoms with Gasteiger partial charge in [-0.2, -0.15) is 0 Å². The van der Waals surface area contributed by atoms with Crippen LogP contribution in [0, 0.1) is 5.92 Å². The molecule has 0 aliphatic carbocycles. The van der Waals surface area contributed by atoms with Crippen molar-refractivity contribution in [2.45, 2.75) is 19.9 Å². The van der Waals surface area contributed by atoms with Gasteiger partial charge in [-0.15, -0.1) is 0 Å². The molecule has 19 heavy (non-hydrogen) atoms. The van der Waals surface area contributed by atoms with Gasteiger partial charge in [-0.1, -0.05) is 0 Å². The Labute approximate surface area is 111 Å². The molecule has 2 aromatic rings. The first-order valence-electron chi connectivity index (χ1n) is 6.52. The molecule has 5 nitrogen and oxygen atoms in total. The minimum Gasteiger partial charge on any atom is -0.464 e. The fourth-order valence-corrected chi connectivity index (χ4v) is 2.35. The molecule has 1 N–H and O–H groups in total. The lowest BCUT2D eigenvalue weighted by atomic mass is 9.98. The molecular formula is C14H17N3O2. The van der Waals surface area contributed by atoms with Gasteiger partial charge in [0.2, 0.25) is 5.91 Å². The van der Waals surface area contributed by atoms with E-state index < -0.39 is 0 Å². The number of amides is 1. The van der Waals surface area contributed by atoms with Crippen LogP contribution in [0.2, 0.25) is 0 Å². The number of pyridine rings is 1. The van der Waals surface area contributed by atoms with Crippen molar-refractivity contribution < 1.29 is 9.21 Å². The number of nitrogens with one attached hydrogen (secondary N) is 1. The Hall–Kier alpha value is -2.04. The topological polar surface area (TPSA) is 58.4 Å². The van der Waals surface area contributed by atoms with Crippen LogP contribution in [-0.2, 0) is 4.79 Å². The molecule has 1 saturated heterocycles. The largest absolute Gasteiger partial charge is 0.464 e. The monoisotopic (exact) mass is 259 g/mol. The second-order valence-corrected chi connectivity index (χ2v) is 5.23. The van der Waals surface area contributed by atoms with E-state index in [2.05, 4.69) is 15.2 Å². The third-order valence-electron chi connectivity index (χ3n) is 3.34. The number of aromatic nitrogens is 1. The lowest BCUT2D eigenvalue weighted by molar-refractivity contribution is -0.126. The van der Waals surface area contributed by atoms with Crippen LogP contribution in [0.1, 0.15) is 13.8 Å². The van der Waals surface area contributed by atoms with Crippen LogP contribution in [-0.4, -0.2) is 30.0 Å². The second-order valence-electron chi connectivity index (χ2n) is 5.23. The van der Waals surface area contributed by atoms with Gasteiger partial charge in [-0.25, -0.2) is 4.98 Å². The number of rotatable bonds is 3. The smallest absolute Gasteiger partial charge is 0.226 e. The molecular weight excluding hydrogens is 242 g/mol. The van der Waals surface area contributed by atoms with Gasteiger partial charge in [0.1, 0.15) is 11.4 Å². The van der Waals surface area contributed by atoms with Gasteiger partial charge in [-0.3, -0.25) is 4.79 Å². The molecule has 0 spiro atoms. The maximum Gasteiger partial charge on any atom is 0.226 e. The quantitative estimate of drug-likeness (QED) is 0.913. The van der Waals surface area contributed by atoms with Crippen LogP contribution in [0.25, 0.3) is 11.0 Å². The molecule has 0 radical (unpaired) electrons. The number of fused-ring (bicyclic) bond motifs is 1. The van der Waals surface area contributed by atoms with Crippen LogP contribution in [0.15, 0.2) is 29.0 Å². The third kappa shape index (κ3) is 2.16. The maximum absolute atomic E-state index is 11.8. The fourth-order valence-electron chi connectivity index (χ4n) is 2.35. The van der Waals surface area contributed by atoms with Crippen molar-refractivity contribution >= 4 is 22.7 Å². The number of furan rings is 1. The molecule has 3 rings (SSSR count). The van der Waals surface area contributed by atoms with E-state index in [9.17, 15) is 4.79 Å². The standard InChI is InChI=1S/C14H17N3O2/c1-9(2)16-14(18)10-7-17(8-10)13-11-4-6-19-12(11)3-5-15-13/h3-6,9-10H,7-8H2,1-2H3,(H,16,18). The van der Waals surface area contributed by atoms with E-state index in [1.54, 1.807) is 12.5 Å². The van der Waals surface area contributed by atoms with Gasteiger partial charge in [0.25, 0.3) is 0 Å². The molecule has 100 valence electrons. The molecule has 0 saturated carbocycles. The Balaban J connectivity index is 1.71. The van der Waals surface area contributed by atoms with Crippen LogP contribution in [0.3, 0.4) is 0 Å². The molecule has 1 amide bonds. The van der Waals surface area contributed by atoms with E-state index in [4.69, 9.17) is 4.42 Å².